The number of nitrogen functional groups attached to an aromatic ring is 1. The third kappa shape index (κ3) is 3.56. The molecule has 21 heavy (non-hydrogen) atoms. The van der Waals surface area contributed by atoms with Crippen LogP contribution in [0.25, 0.3) is 10.1 Å². The quantitative estimate of drug-likeness (QED) is 0.820. The van der Waals surface area contributed by atoms with Gasteiger partial charge in [0, 0.05) is 27.6 Å². The van der Waals surface area contributed by atoms with Crippen molar-refractivity contribution in [2.24, 2.45) is 0 Å². The van der Waals surface area contributed by atoms with Crippen molar-refractivity contribution < 1.29 is 4.79 Å². The van der Waals surface area contributed by atoms with Gasteiger partial charge in [-0.1, -0.05) is 35.8 Å². The maximum Gasteiger partial charge on any atom is 0.263 e. The van der Waals surface area contributed by atoms with Gasteiger partial charge in [0.1, 0.15) is 4.88 Å². The number of nitrogens with zero attached hydrogens (tertiary/aromatic N) is 1. The number of carbonyl (C=O) groups excluding carboxylic acids is 1. The number of fused-ring (bicyclic) bond motifs is 1. The molecule has 0 fully saturated rings. The second kappa shape index (κ2) is 7.24. The molecule has 0 aliphatic carbocycles. The molecule has 1 aromatic heterocycles. The minimum Gasteiger partial charge on any atom is -0.397 e. The monoisotopic (exact) mass is 369 g/mol. The topological polar surface area (TPSA) is 58.4 Å². The third-order valence-corrected chi connectivity index (χ3v) is 5.35. The van der Waals surface area contributed by atoms with Crippen LogP contribution in [0.2, 0.25) is 0 Å². The molecule has 1 heterocycles. The lowest BCUT2D eigenvalue weighted by Gasteiger charge is -2.17. The third-order valence-electron chi connectivity index (χ3n) is 3.52. The highest BCUT2D eigenvalue weighted by atomic mass is 79.9. The van der Waals surface area contributed by atoms with Gasteiger partial charge in [-0.2, -0.15) is 0 Å². The Morgan fingerprint density at radius 2 is 2.10 bits per heavy atom. The van der Waals surface area contributed by atoms with Crippen molar-refractivity contribution in [1.29, 1.82) is 0 Å². The van der Waals surface area contributed by atoms with Crippen LogP contribution < -0.4 is 11.1 Å². The van der Waals surface area contributed by atoms with Crippen LogP contribution in [0.15, 0.2) is 22.7 Å². The van der Waals surface area contributed by atoms with Gasteiger partial charge in [0.25, 0.3) is 5.91 Å². The normalized spacial score (nSPS) is 11.2. The number of anilines is 1. The van der Waals surface area contributed by atoms with Gasteiger partial charge in [-0.3, -0.25) is 4.79 Å². The first-order valence-corrected chi connectivity index (χ1v) is 8.66. The molecule has 6 heteroatoms. The first-order chi connectivity index (χ1) is 10.1. The SMILES string of the molecule is CCN(CC)CCNC(=O)c1sc2cccc(Br)c2c1N. The van der Waals surface area contributed by atoms with Gasteiger partial charge in [-0.15, -0.1) is 11.3 Å². The number of hydrogen-bond acceptors (Lipinski definition) is 4. The van der Waals surface area contributed by atoms with E-state index in [-0.39, 0.29) is 5.91 Å². The van der Waals surface area contributed by atoms with Gasteiger partial charge in [0.05, 0.1) is 5.69 Å². The Balaban J connectivity index is 2.10. The Kier molecular flexibility index (Phi) is 5.61. The summed E-state index contributed by atoms with van der Waals surface area (Å²) in [5.41, 5.74) is 6.69. The lowest BCUT2D eigenvalue weighted by atomic mass is 10.2. The molecule has 2 rings (SSSR count). The molecular weight excluding hydrogens is 350 g/mol. The number of carbonyl (C=O) groups is 1. The summed E-state index contributed by atoms with van der Waals surface area (Å²) in [5.74, 6) is -0.0900. The maximum absolute atomic E-state index is 12.3. The zero-order chi connectivity index (χ0) is 15.4. The summed E-state index contributed by atoms with van der Waals surface area (Å²) < 4.78 is 1.95. The largest absolute Gasteiger partial charge is 0.397 e. The average molecular weight is 370 g/mol. The summed E-state index contributed by atoms with van der Waals surface area (Å²) in [6.45, 7) is 7.71. The lowest BCUT2D eigenvalue weighted by molar-refractivity contribution is 0.0954. The smallest absolute Gasteiger partial charge is 0.263 e. The maximum atomic E-state index is 12.3. The number of nitrogens with one attached hydrogen (secondary N) is 1. The molecule has 1 aromatic carbocycles. The molecule has 3 N–H and O–H groups in total. The highest BCUT2D eigenvalue weighted by Crippen LogP contribution is 2.37. The van der Waals surface area contributed by atoms with Crippen molar-refractivity contribution in [1.82, 2.24) is 10.2 Å². The van der Waals surface area contributed by atoms with E-state index in [4.69, 9.17) is 5.73 Å². The molecule has 0 bridgehead atoms. The molecular formula is C15H20BrN3OS. The molecule has 0 aliphatic heterocycles. The van der Waals surface area contributed by atoms with E-state index in [0.29, 0.717) is 17.1 Å². The summed E-state index contributed by atoms with van der Waals surface area (Å²) in [5, 5.41) is 3.88. The van der Waals surface area contributed by atoms with E-state index in [0.717, 1.165) is 34.2 Å². The number of likely N-dealkylation sites (N-methyl/N-ethyl adjacent to an activating group) is 1. The van der Waals surface area contributed by atoms with Gasteiger partial charge in [-0.25, -0.2) is 0 Å². The van der Waals surface area contributed by atoms with E-state index in [9.17, 15) is 4.79 Å². The van der Waals surface area contributed by atoms with Crippen molar-refractivity contribution in [3.63, 3.8) is 0 Å². The van der Waals surface area contributed by atoms with Gasteiger partial charge in [0.15, 0.2) is 0 Å². The highest BCUT2D eigenvalue weighted by Gasteiger charge is 2.17. The number of nitrogens with two attached hydrogens (primary N) is 1. The molecule has 0 saturated heterocycles. The second-order valence-corrected chi connectivity index (χ2v) is 6.65. The number of amides is 1. The minimum absolute atomic E-state index is 0.0900. The summed E-state index contributed by atoms with van der Waals surface area (Å²) in [6.07, 6.45) is 0. The first-order valence-electron chi connectivity index (χ1n) is 7.05. The van der Waals surface area contributed by atoms with Crippen LogP contribution in [0, 0.1) is 0 Å². The Morgan fingerprint density at radius 3 is 2.71 bits per heavy atom. The van der Waals surface area contributed by atoms with Crippen molar-refractivity contribution in [2.45, 2.75) is 13.8 Å². The summed E-state index contributed by atoms with van der Waals surface area (Å²) in [7, 11) is 0. The van der Waals surface area contributed by atoms with Crippen LogP contribution in [-0.2, 0) is 0 Å². The van der Waals surface area contributed by atoms with Crippen molar-refractivity contribution in [3.8, 4) is 0 Å². The van der Waals surface area contributed by atoms with E-state index in [1.807, 2.05) is 18.2 Å². The van der Waals surface area contributed by atoms with Gasteiger partial charge in [-0.05, 0) is 25.2 Å². The number of halogens is 1. The van der Waals surface area contributed by atoms with E-state index >= 15 is 0 Å². The Hall–Kier alpha value is -1.11. The van der Waals surface area contributed by atoms with E-state index in [1.165, 1.54) is 11.3 Å². The molecule has 0 spiro atoms. The van der Waals surface area contributed by atoms with Crippen molar-refractivity contribution >= 4 is 48.9 Å². The fourth-order valence-corrected chi connectivity index (χ4v) is 4.02. The molecule has 2 aromatic rings. The molecule has 1 amide bonds. The van der Waals surface area contributed by atoms with Gasteiger partial charge >= 0.3 is 0 Å². The van der Waals surface area contributed by atoms with Crippen LogP contribution in [0.5, 0.6) is 0 Å². The predicted octanol–water partition coefficient (Wildman–Crippen LogP) is 3.32. The zero-order valence-corrected chi connectivity index (χ0v) is 14.7. The predicted molar refractivity (Wildman–Crippen MR) is 94.1 cm³/mol. The second-order valence-electron chi connectivity index (χ2n) is 4.74. The minimum atomic E-state index is -0.0900. The summed E-state index contributed by atoms with van der Waals surface area (Å²) >= 11 is 4.92. The van der Waals surface area contributed by atoms with Crippen molar-refractivity contribution in [3.05, 3.63) is 27.5 Å². The van der Waals surface area contributed by atoms with E-state index in [2.05, 4.69) is 40.0 Å². The fraction of sp³-hybridized carbons (Fsp3) is 0.400. The van der Waals surface area contributed by atoms with Crippen LogP contribution >= 0.6 is 27.3 Å². The molecule has 0 radical (unpaired) electrons. The summed E-state index contributed by atoms with van der Waals surface area (Å²) in [4.78, 5) is 15.2. The fourth-order valence-electron chi connectivity index (χ4n) is 2.25. The average Bonchev–Trinajstić information content (AvgIpc) is 2.82. The van der Waals surface area contributed by atoms with Crippen LogP contribution in [-0.4, -0.2) is 37.0 Å². The van der Waals surface area contributed by atoms with Crippen molar-refractivity contribution in [2.75, 3.05) is 31.9 Å². The molecule has 0 saturated carbocycles. The number of benzene rings is 1. The molecule has 114 valence electrons. The van der Waals surface area contributed by atoms with E-state index < -0.39 is 0 Å². The Morgan fingerprint density at radius 1 is 1.38 bits per heavy atom. The standard InChI is InChI=1S/C15H20BrN3OS/c1-3-19(4-2)9-8-18-15(20)14-13(17)12-10(16)6-5-7-11(12)21-14/h5-7H,3-4,8-9,17H2,1-2H3,(H,18,20). The molecule has 0 atom stereocenters. The number of thiophene rings is 1. The van der Waals surface area contributed by atoms with Gasteiger partial charge in [0.2, 0.25) is 0 Å². The zero-order valence-electron chi connectivity index (χ0n) is 12.3. The highest BCUT2D eigenvalue weighted by molar-refractivity contribution is 9.10. The van der Waals surface area contributed by atoms with Crippen LogP contribution in [0.4, 0.5) is 5.69 Å². The van der Waals surface area contributed by atoms with Gasteiger partial charge < -0.3 is 16.0 Å². The first kappa shape index (κ1) is 16.3. The Labute approximate surface area is 137 Å². The summed E-state index contributed by atoms with van der Waals surface area (Å²) in [6, 6.07) is 5.87. The number of rotatable bonds is 6. The molecule has 0 unspecified atom stereocenters. The molecule has 4 nitrogen and oxygen atoms in total. The Bertz CT molecular complexity index is 637. The molecule has 0 aliphatic rings. The lowest BCUT2D eigenvalue weighted by Crippen LogP contribution is -2.34. The van der Waals surface area contributed by atoms with Crippen LogP contribution in [0.1, 0.15) is 23.5 Å². The van der Waals surface area contributed by atoms with E-state index in [1.54, 1.807) is 0 Å². The number of hydrogen-bond donors (Lipinski definition) is 2. The van der Waals surface area contributed by atoms with Crippen LogP contribution in [0.3, 0.4) is 0 Å².